The van der Waals surface area contributed by atoms with Crippen LogP contribution >= 0.6 is 11.6 Å². The number of methoxy groups -OCH3 is 1. The third kappa shape index (κ3) is 3.93. The summed E-state index contributed by atoms with van der Waals surface area (Å²) >= 11 is 6.23. The van der Waals surface area contributed by atoms with E-state index in [1.807, 2.05) is 32.0 Å². The Labute approximate surface area is 166 Å². The van der Waals surface area contributed by atoms with Crippen molar-refractivity contribution in [3.05, 3.63) is 52.0 Å². The van der Waals surface area contributed by atoms with E-state index < -0.39 is 10.0 Å². The van der Waals surface area contributed by atoms with Crippen molar-refractivity contribution in [3.63, 3.8) is 0 Å². The summed E-state index contributed by atoms with van der Waals surface area (Å²) in [6.07, 6.45) is 0. The van der Waals surface area contributed by atoms with Gasteiger partial charge in [-0.15, -0.1) is 0 Å². The fourth-order valence-corrected chi connectivity index (χ4v) is 5.25. The van der Waals surface area contributed by atoms with Crippen LogP contribution in [0.3, 0.4) is 0 Å². The monoisotopic (exact) mass is 408 g/mol. The van der Waals surface area contributed by atoms with E-state index in [-0.39, 0.29) is 0 Å². The molecule has 3 rings (SSSR count). The van der Waals surface area contributed by atoms with Gasteiger partial charge in [0, 0.05) is 36.9 Å². The Bertz CT molecular complexity index is 952. The molecule has 0 atom stereocenters. The molecule has 2 aromatic rings. The Hall–Kier alpha value is -1.76. The van der Waals surface area contributed by atoms with Gasteiger partial charge in [0.15, 0.2) is 0 Å². The average molecular weight is 409 g/mol. The van der Waals surface area contributed by atoms with Crippen LogP contribution in [-0.2, 0) is 10.0 Å². The maximum atomic E-state index is 13.1. The van der Waals surface area contributed by atoms with Crippen molar-refractivity contribution in [3.8, 4) is 5.75 Å². The first-order valence-corrected chi connectivity index (χ1v) is 10.7. The number of piperazine rings is 1. The minimum atomic E-state index is -3.54. The topological polar surface area (TPSA) is 49.9 Å². The molecule has 1 fully saturated rings. The van der Waals surface area contributed by atoms with Gasteiger partial charge < -0.3 is 9.64 Å². The number of ether oxygens (including phenoxy) is 1. The second kappa shape index (κ2) is 7.70. The summed E-state index contributed by atoms with van der Waals surface area (Å²) in [5, 5.41) is 0.729. The van der Waals surface area contributed by atoms with Crippen molar-refractivity contribution in [2.24, 2.45) is 0 Å². The van der Waals surface area contributed by atoms with E-state index in [4.69, 9.17) is 16.3 Å². The fraction of sp³-hybridized carbons (Fsp3) is 0.400. The quantitative estimate of drug-likeness (QED) is 0.772. The van der Waals surface area contributed by atoms with Gasteiger partial charge in [0.1, 0.15) is 5.75 Å². The molecule has 0 N–H and O–H groups in total. The molecule has 0 amide bonds. The fourth-order valence-electron chi connectivity index (χ4n) is 3.37. The van der Waals surface area contributed by atoms with Crippen LogP contribution in [0, 0.1) is 20.8 Å². The van der Waals surface area contributed by atoms with Gasteiger partial charge in [-0.25, -0.2) is 8.42 Å². The maximum Gasteiger partial charge on any atom is 0.243 e. The Morgan fingerprint density at radius 2 is 1.59 bits per heavy atom. The second-order valence-electron chi connectivity index (χ2n) is 6.91. The molecule has 0 bridgehead atoms. The SMILES string of the molecule is COc1cc(C)c(S(=O)(=O)N2CCN(c3ccc(C)c(Cl)c3)CC2)cc1C. The van der Waals surface area contributed by atoms with Gasteiger partial charge in [0.2, 0.25) is 10.0 Å². The number of halogens is 1. The molecule has 1 saturated heterocycles. The highest BCUT2D eigenvalue weighted by atomic mass is 35.5. The first-order chi connectivity index (χ1) is 12.7. The molecule has 0 aromatic heterocycles. The van der Waals surface area contributed by atoms with E-state index in [0.717, 1.165) is 21.8 Å². The van der Waals surface area contributed by atoms with Crippen molar-refractivity contribution < 1.29 is 13.2 Å². The van der Waals surface area contributed by atoms with Gasteiger partial charge in [-0.1, -0.05) is 17.7 Å². The zero-order chi connectivity index (χ0) is 19.8. The van der Waals surface area contributed by atoms with Crippen LogP contribution in [0.25, 0.3) is 0 Å². The molecule has 0 saturated carbocycles. The number of anilines is 1. The Kier molecular flexibility index (Phi) is 5.70. The predicted molar refractivity (Wildman–Crippen MR) is 110 cm³/mol. The normalized spacial score (nSPS) is 15.8. The van der Waals surface area contributed by atoms with E-state index in [1.165, 1.54) is 0 Å². The highest BCUT2D eigenvalue weighted by Crippen LogP contribution is 2.29. The van der Waals surface area contributed by atoms with Crippen LogP contribution in [-0.4, -0.2) is 46.0 Å². The minimum Gasteiger partial charge on any atom is -0.496 e. The molecule has 0 unspecified atom stereocenters. The molecule has 7 heteroatoms. The first-order valence-electron chi connectivity index (χ1n) is 8.90. The van der Waals surface area contributed by atoms with Crippen LogP contribution in [0.2, 0.25) is 5.02 Å². The zero-order valence-corrected chi connectivity index (χ0v) is 17.7. The van der Waals surface area contributed by atoms with Gasteiger partial charge >= 0.3 is 0 Å². The van der Waals surface area contributed by atoms with E-state index in [2.05, 4.69) is 4.90 Å². The summed E-state index contributed by atoms with van der Waals surface area (Å²) in [5.74, 6) is 0.701. The van der Waals surface area contributed by atoms with Gasteiger partial charge in [-0.3, -0.25) is 0 Å². The van der Waals surface area contributed by atoms with Crippen LogP contribution in [0.5, 0.6) is 5.75 Å². The molecule has 2 aromatic carbocycles. The molecule has 27 heavy (non-hydrogen) atoms. The Balaban J connectivity index is 1.79. The smallest absolute Gasteiger partial charge is 0.243 e. The highest BCUT2D eigenvalue weighted by molar-refractivity contribution is 7.89. The lowest BCUT2D eigenvalue weighted by molar-refractivity contribution is 0.384. The summed E-state index contributed by atoms with van der Waals surface area (Å²) in [7, 11) is -1.95. The summed E-state index contributed by atoms with van der Waals surface area (Å²) in [6.45, 7) is 7.78. The molecule has 0 spiro atoms. The number of hydrogen-bond donors (Lipinski definition) is 0. The molecular formula is C20H25ClN2O3S. The minimum absolute atomic E-state index is 0.354. The summed E-state index contributed by atoms with van der Waals surface area (Å²) in [4.78, 5) is 2.52. The number of nitrogens with zero attached hydrogens (tertiary/aromatic N) is 2. The lowest BCUT2D eigenvalue weighted by Gasteiger charge is -2.35. The number of benzene rings is 2. The third-order valence-corrected chi connectivity index (χ3v) is 7.52. The Morgan fingerprint density at radius 1 is 0.926 bits per heavy atom. The van der Waals surface area contributed by atoms with Crippen molar-refractivity contribution in [2.45, 2.75) is 25.7 Å². The van der Waals surface area contributed by atoms with Crippen molar-refractivity contribution in [1.82, 2.24) is 4.31 Å². The van der Waals surface area contributed by atoms with Gasteiger partial charge in [0.25, 0.3) is 0 Å². The second-order valence-corrected chi connectivity index (χ2v) is 9.23. The molecule has 1 heterocycles. The zero-order valence-electron chi connectivity index (χ0n) is 16.1. The molecule has 0 radical (unpaired) electrons. The first kappa shape index (κ1) is 20.0. The standard InChI is InChI=1S/C20H25ClN2O3S/c1-14-5-6-17(13-18(14)21)22-7-9-23(10-8-22)27(24,25)20-12-15(2)19(26-4)11-16(20)3/h5-6,11-13H,7-10H2,1-4H3. The lowest BCUT2D eigenvalue weighted by atomic mass is 10.1. The van der Waals surface area contributed by atoms with Crippen LogP contribution < -0.4 is 9.64 Å². The van der Waals surface area contributed by atoms with Crippen LogP contribution in [0.15, 0.2) is 35.2 Å². The van der Waals surface area contributed by atoms with Crippen molar-refractivity contribution in [2.75, 3.05) is 38.2 Å². The molecule has 146 valence electrons. The van der Waals surface area contributed by atoms with E-state index in [1.54, 1.807) is 30.5 Å². The molecule has 5 nitrogen and oxygen atoms in total. The number of aryl methyl sites for hydroxylation is 3. The van der Waals surface area contributed by atoms with E-state index in [0.29, 0.717) is 42.4 Å². The molecular weight excluding hydrogens is 384 g/mol. The third-order valence-electron chi connectivity index (χ3n) is 5.07. The predicted octanol–water partition coefficient (Wildman–Crippen LogP) is 3.78. The highest BCUT2D eigenvalue weighted by Gasteiger charge is 2.30. The maximum absolute atomic E-state index is 13.1. The van der Waals surface area contributed by atoms with Crippen LogP contribution in [0.1, 0.15) is 16.7 Å². The van der Waals surface area contributed by atoms with Crippen molar-refractivity contribution >= 4 is 27.3 Å². The van der Waals surface area contributed by atoms with Crippen LogP contribution in [0.4, 0.5) is 5.69 Å². The summed E-state index contributed by atoms with van der Waals surface area (Å²) in [5.41, 5.74) is 3.57. The average Bonchev–Trinajstić information content (AvgIpc) is 2.65. The molecule has 1 aliphatic heterocycles. The largest absolute Gasteiger partial charge is 0.496 e. The molecule has 1 aliphatic rings. The van der Waals surface area contributed by atoms with Gasteiger partial charge in [-0.2, -0.15) is 4.31 Å². The van der Waals surface area contributed by atoms with Gasteiger partial charge in [0.05, 0.1) is 12.0 Å². The number of hydrogen-bond acceptors (Lipinski definition) is 4. The molecule has 0 aliphatic carbocycles. The van der Waals surface area contributed by atoms with Crippen molar-refractivity contribution in [1.29, 1.82) is 0 Å². The van der Waals surface area contributed by atoms with E-state index >= 15 is 0 Å². The lowest BCUT2D eigenvalue weighted by Crippen LogP contribution is -2.48. The van der Waals surface area contributed by atoms with Gasteiger partial charge in [-0.05, 0) is 61.7 Å². The summed E-state index contributed by atoms with van der Waals surface area (Å²) < 4.78 is 33.2. The summed E-state index contributed by atoms with van der Waals surface area (Å²) in [6, 6.07) is 9.45. The van der Waals surface area contributed by atoms with E-state index in [9.17, 15) is 8.42 Å². The number of rotatable bonds is 4. The Morgan fingerprint density at radius 3 is 2.19 bits per heavy atom. The number of sulfonamides is 1.